The molecule has 1 unspecified atom stereocenters. The highest BCUT2D eigenvalue weighted by Crippen LogP contribution is 2.27. The molecule has 0 saturated carbocycles. The van der Waals surface area contributed by atoms with Gasteiger partial charge in [-0.2, -0.15) is 4.99 Å². The SMILES string of the molecule is CCC1C(=O)N=C(SCC(=O)Nc2nc3ccc(C(=O)OC)cc3s2)NC1=O. The predicted molar refractivity (Wildman–Crippen MR) is 106 cm³/mol. The molecule has 2 aromatic rings. The summed E-state index contributed by atoms with van der Waals surface area (Å²) < 4.78 is 5.41. The van der Waals surface area contributed by atoms with Crippen molar-refractivity contribution in [2.45, 2.75) is 13.3 Å². The van der Waals surface area contributed by atoms with Gasteiger partial charge in [-0.1, -0.05) is 30.0 Å². The lowest BCUT2D eigenvalue weighted by atomic mass is 10.0. The Kier molecular flexibility index (Phi) is 6.05. The first kappa shape index (κ1) is 20.0. The molecule has 1 aromatic carbocycles. The summed E-state index contributed by atoms with van der Waals surface area (Å²) in [5, 5.41) is 5.67. The summed E-state index contributed by atoms with van der Waals surface area (Å²) in [6.45, 7) is 1.73. The molecule has 3 amide bonds. The Balaban J connectivity index is 1.61. The number of thioether (sulfide) groups is 1. The van der Waals surface area contributed by atoms with Crippen LogP contribution >= 0.6 is 23.1 Å². The Morgan fingerprint density at radius 1 is 1.36 bits per heavy atom. The molecule has 3 rings (SSSR count). The summed E-state index contributed by atoms with van der Waals surface area (Å²) in [5.74, 6) is -2.53. The summed E-state index contributed by atoms with van der Waals surface area (Å²) in [7, 11) is 1.30. The average Bonchev–Trinajstić information content (AvgIpc) is 3.06. The number of carbonyl (C=O) groups is 4. The number of ether oxygens (including phenoxy) is 1. The van der Waals surface area contributed by atoms with Gasteiger partial charge in [0.05, 0.1) is 28.6 Å². The summed E-state index contributed by atoms with van der Waals surface area (Å²) in [4.78, 5) is 55.4. The molecule has 11 heteroatoms. The van der Waals surface area contributed by atoms with Gasteiger partial charge in [0.2, 0.25) is 11.8 Å². The first-order chi connectivity index (χ1) is 13.4. The maximum Gasteiger partial charge on any atom is 0.337 e. The van der Waals surface area contributed by atoms with Gasteiger partial charge in [0, 0.05) is 0 Å². The normalized spacial score (nSPS) is 16.5. The largest absolute Gasteiger partial charge is 0.465 e. The number of carbonyl (C=O) groups excluding carboxylic acids is 4. The Morgan fingerprint density at radius 2 is 2.14 bits per heavy atom. The fourth-order valence-electron chi connectivity index (χ4n) is 2.45. The molecule has 0 spiro atoms. The quantitative estimate of drug-likeness (QED) is 0.558. The third-order valence-electron chi connectivity index (χ3n) is 3.86. The van der Waals surface area contributed by atoms with E-state index in [2.05, 4.69) is 25.3 Å². The topological polar surface area (TPSA) is 127 Å². The maximum absolute atomic E-state index is 12.1. The number of aliphatic imine (C=N–C) groups is 1. The lowest BCUT2D eigenvalue weighted by molar-refractivity contribution is -0.133. The van der Waals surface area contributed by atoms with Crippen molar-refractivity contribution in [1.82, 2.24) is 10.3 Å². The van der Waals surface area contributed by atoms with E-state index in [9.17, 15) is 19.2 Å². The molecule has 0 aliphatic carbocycles. The maximum atomic E-state index is 12.1. The van der Waals surface area contributed by atoms with Crippen molar-refractivity contribution in [3.8, 4) is 0 Å². The van der Waals surface area contributed by atoms with Crippen LogP contribution in [0.15, 0.2) is 23.2 Å². The molecule has 28 heavy (non-hydrogen) atoms. The van der Waals surface area contributed by atoms with Crippen molar-refractivity contribution in [2.24, 2.45) is 10.9 Å². The van der Waals surface area contributed by atoms with Crippen LogP contribution in [0.2, 0.25) is 0 Å². The van der Waals surface area contributed by atoms with E-state index in [1.54, 1.807) is 25.1 Å². The molecular formula is C17H16N4O5S2. The highest BCUT2D eigenvalue weighted by Gasteiger charge is 2.30. The van der Waals surface area contributed by atoms with Gasteiger partial charge >= 0.3 is 5.97 Å². The molecule has 9 nitrogen and oxygen atoms in total. The zero-order chi connectivity index (χ0) is 20.3. The molecule has 0 fully saturated rings. The van der Waals surface area contributed by atoms with Crippen LogP contribution in [0.5, 0.6) is 0 Å². The number of hydrogen-bond donors (Lipinski definition) is 2. The van der Waals surface area contributed by atoms with Crippen LogP contribution in [0.25, 0.3) is 10.2 Å². The van der Waals surface area contributed by atoms with Crippen LogP contribution in [0, 0.1) is 5.92 Å². The third-order valence-corrected chi connectivity index (χ3v) is 5.67. The summed E-state index contributed by atoms with van der Waals surface area (Å²) in [6.07, 6.45) is 0.377. The van der Waals surface area contributed by atoms with Gasteiger partial charge in [-0.25, -0.2) is 9.78 Å². The number of aromatic nitrogens is 1. The van der Waals surface area contributed by atoms with Crippen LogP contribution in [-0.2, 0) is 19.1 Å². The number of amides is 3. The molecule has 0 radical (unpaired) electrons. The van der Waals surface area contributed by atoms with Gasteiger partial charge in [0.1, 0.15) is 5.92 Å². The number of nitrogens with one attached hydrogen (secondary N) is 2. The van der Waals surface area contributed by atoms with E-state index in [1.807, 2.05) is 0 Å². The monoisotopic (exact) mass is 420 g/mol. The minimum atomic E-state index is -0.768. The first-order valence-electron chi connectivity index (χ1n) is 8.26. The number of amidine groups is 1. The number of rotatable bonds is 5. The van der Waals surface area contributed by atoms with Crippen LogP contribution in [0.1, 0.15) is 23.7 Å². The summed E-state index contributed by atoms with van der Waals surface area (Å²) in [6, 6.07) is 4.91. The molecule has 1 aliphatic heterocycles. The molecule has 1 aromatic heterocycles. The van der Waals surface area contributed by atoms with Gasteiger partial charge in [-0.3, -0.25) is 14.4 Å². The number of anilines is 1. The fourth-order valence-corrected chi connectivity index (χ4v) is 4.04. The van der Waals surface area contributed by atoms with Crippen molar-refractivity contribution in [3.63, 3.8) is 0 Å². The fraction of sp³-hybridized carbons (Fsp3) is 0.294. The summed E-state index contributed by atoms with van der Waals surface area (Å²) in [5.41, 5.74) is 1.04. The number of esters is 1. The first-order valence-corrected chi connectivity index (χ1v) is 10.1. The second-order valence-electron chi connectivity index (χ2n) is 5.74. The Morgan fingerprint density at radius 3 is 2.82 bits per heavy atom. The van der Waals surface area contributed by atoms with Crippen molar-refractivity contribution in [1.29, 1.82) is 0 Å². The molecule has 0 saturated heterocycles. The van der Waals surface area contributed by atoms with Gasteiger partial charge in [0.15, 0.2) is 10.3 Å². The smallest absolute Gasteiger partial charge is 0.337 e. The number of methoxy groups -OCH3 is 1. The van der Waals surface area contributed by atoms with Crippen LogP contribution in [-0.4, -0.2) is 46.7 Å². The number of benzene rings is 1. The molecular weight excluding hydrogens is 404 g/mol. The second-order valence-corrected chi connectivity index (χ2v) is 7.73. The van der Waals surface area contributed by atoms with E-state index in [4.69, 9.17) is 0 Å². The third kappa shape index (κ3) is 4.37. The van der Waals surface area contributed by atoms with Crippen LogP contribution in [0.3, 0.4) is 0 Å². The average molecular weight is 420 g/mol. The van der Waals surface area contributed by atoms with Gasteiger partial charge in [-0.05, 0) is 24.6 Å². The zero-order valence-electron chi connectivity index (χ0n) is 15.0. The van der Waals surface area contributed by atoms with Gasteiger partial charge in [0.25, 0.3) is 5.91 Å². The highest BCUT2D eigenvalue weighted by atomic mass is 32.2. The van der Waals surface area contributed by atoms with E-state index < -0.39 is 23.7 Å². The van der Waals surface area contributed by atoms with E-state index >= 15 is 0 Å². The Hall–Kier alpha value is -2.79. The van der Waals surface area contributed by atoms with E-state index in [-0.39, 0.29) is 16.8 Å². The van der Waals surface area contributed by atoms with E-state index in [0.29, 0.717) is 22.6 Å². The standard InChI is InChI=1S/C17H16N4O5S2/c1-3-9-13(23)20-16(21-14(9)24)27-7-12(22)19-17-18-10-5-4-8(15(25)26-2)6-11(10)28-17/h4-6,9H,3,7H2,1-2H3,(H,18,19,22)(H,20,21,23,24). The van der Waals surface area contributed by atoms with E-state index in [0.717, 1.165) is 16.5 Å². The van der Waals surface area contributed by atoms with Crippen molar-refractivity contribution < 1.29 is 23.9 Å². The van der Waals surface area contributed by atoms with Crippen molar-refractivity contribution >= 4 is 67.3 Å². The number of thiazole rings is 1. The van der Waals surface area contributed by atoms with Crippen LogP contribution in [0.4, 0.5) is 5.13 Å². The number of fused-ring (bicyclic) bond motifs is 1. The number of hydrogen-bond acceptors (Lipinski definition) is 8. The molecule has 0 bridgehead atoms. The van der Waals surface area contributed by atoms with Crippen LogP contribution < -0.4 is 10.6 Å². The lowest BCUT2D eigenvalue weighted by Gasteiger charge is -2.17. The molecule has 2 N–H and O–H groups in total. The minimum Gasteiger partial charge on any atom is -0.465 e. The Labute approximate surface area is 167 Å². The Bertz CT molecular complexity index is 1000. The lowest BCUT2D eigenvalue weighted by Crippen LogP contribution is -2.42. The predicted octanol–water partition coefficient (Wildman–Crippen LogP) is 1.79. The molecule has 146 valence electrons. The second kappa shape index (κ2) is 8.48. The van der Waals surface area contributed by atoms with Gasteiger partial charge in [-0.15, -0.1) is 0 Å². The van der Waals surface area contributed by atoms with E-state index in [1.165, 1.54) is 18.4 Å². The number of nitrogens with zero attached hydrogens (tertiary/aromatic N) is 2. The highest BCUT2D eigenvalue weighted by molar-refractivity contribution is 8.14. The summed E-state index contributed by atoms with van der Waals surface area (Å²) >= 11 is 2.18. The molecule has 2 heterocycles. The minimum absolute atomic E-state index is 0.0491. The molecule has 1 atom stereocenters. The van der Waals surface area contributed by atoms with Crippen molar-refractivity contribution in [2.75, 3.05) is 18.2 Å². The molecule has 1 aliphatic rings. The zero-order valence-corrected chi connectivity index (χ0v) is 16.6. The van der Waals surface area contributed by atoms with Gasteiger partial charge < -0.3 is 15.4 Å². The van der Waals surface area contributed by atoms with Crippen molar-refractivity contribution in [3.05, 3.63) is 23.8 Å².